The summed E-state index contributed by atoms with van der Waals surface area (Å²) in [5.41, 5.74) is 7.64. The molecule has 1 aromatic carbocycles. The van der Waals surface area contributed by atoms with Crippen LogP contribution in [0, 0.1) is 18.3 Å². The molecule has 0 aliphatic heterocycles. The smallest absolute Gasteiger partial charge is 0.110 e. The number of hydrogen-bond donors (Lipinski definition) is 1. The van der Waals surface area contributed by atoms with Gasteiger partial charge in [-0.3, -0.25) is 0 Å². The molecule has 1 heterocycles. The Morgan fingerprint density at radius 3 is 2.80 bits per heavy atom. The summed E-state index contributed by atoms with van der Waals surface area (Å²) < 4.78 is 1.91. The fourth-order valence-electron chi connectivity index (χ4n) is 1.45. The van der Waals surface area contributed by atoms with E-state index < -0.39 is 0 Å². The lowest BCUT2D eigenvalue weighted by atomic mass is 10.2. The highest BCUT2D eigenvalue weighted by Gasteiger charge is 2.03. The minimum Gasteiger partial charge on any atom is -0.398 e. The van der Waals surface area contributed by atoms with Crippen molar-refractivity contribution in [3.8, 4) is 11.8 Å². The van der Waals surface area contributed by atoms with Crippen molar-refractivity contribution in [2.45, 2.75) is 6.92 Å². The van der Waals surface area contributed by atoms with Crippen LogP contribution in [-0.4, -0.2) is 9.55 Å². The number of nitrogens with zero attached hydrogens (tertiary/aromatic N) is 3. The van der Waals surface area contributed by atoms with Gasteiger partial charge in [0.05, 0.1) is 11.3 Å². The van der Waals surface area contributed by atoms with Gasteiger partial charge in [-0.2, -0.15) is 5.26 Å². The zero-order valence-electron chi connectivity index (χ0n) is 8.31. The second-order valence-corrected chi connectivity index (χ2v) is 3.23. The van der Waals surface area contributed by atoms with E-state index in [1.165, 1.54) is 0 Å². The van der Waals surface area contributed by atoms with Crippen molar-refractivity contribution in [1.82, 2.24) is 9.55 Å². The summed E-state index contributed by atoms with van der Waals surface area (Å²) in [5.74, 6) is 0.888. The SMILES string of the molecule is Cc1nccn1-c1ccc(C#N)c(N)c1. The Bertz CT molecular complexity index is 534. The average molecular weight is 198 g/mol. The molecule has 0 saturated carbocycles. The van der Waals surface area contributed by atoms with Gasteiger partial charge in [-0.1, -0.05) is 0 Å². The molecule has 0 spiro atoms. The van der Waals surface area contributed by atoms with Crippen LogP contribution in [0.25, 0.3) is 5.69 Å². The first-order valence-electron chi connectivity index (χ1n) is 4.52. The van der Waals surface area contributed by atoms with Crippen LogP contribution in [0.15, 0.2) is 30.6 Å². The van der Waals surface area contributed by atoms with Crippen LogP contribution in [0.2, 0.25) is 0 Å². The van der Waals surface area contributed by atoms with Crippen LogP contribution in [0.1, 0.15) is 11.4 Å². The van der Waals surface area contributed by atoms with E-state index in [-0.39, 0.29) is 0 Å². The number of aryl methyl sites for hydroxylation is 1. The number of aromatic nitrogens is 2. The molecule has 74 valence electrons. The number of rotatable bonds is 1. The maximum Gasteiger partial charge on any atom is 0.110 e. The first-order valence-corrected chi connectivity index (χ1v) is 4.52. The second kappa shape index (κ2) is 3.46. The lowest BCUT2D eigenvalue weighted by Crippen LogP contribution is -1.98. The van der Waals surface area contributed by atoms with E-state index in [9.17, 15) is 0 Å². The maximum atomic E-state index is 8.75. The molecule has 0 aliphatic carbocycles. The van der Waals surface area contributed by atoms with Crippen LogP contribution >= 0.6 is 0 Å². The highest BCUT2D eigenvalue weighted by Crippen LogP contribution is 2.17. The van der Waals surface area contributed by atoms with Crippen LogP contribution in [0.4, 0.5) is 5.69 Å². The molecular formula is C11H10N4. The fourth-order valence-corrected chi connectivity index (χ4v) is 1.45. The van der Waals surface area contributed by atoms with Crippen LogP contribution < -0.4 is 5.73 Å². The summed E-state index contributed by atoms with van der Waals surface area (Å²) in [6.45, 7) is 1.91. The Labute approximate surface area is 87.6 Å². The summed E-state index contributed by atoms with van der Waals surface area (Å²) in [7, 11) is 0. The van der Waals surface area contributed by atoms with E-state index in [1.54, 1.807) is 18.3 Å². The van der Waals surface area contributed by atoms with E-state index in [2.05, 4.69) is 4.98 Å². The standard InChI is InChI=1S/C11H10N4/c1-8-14-4-5-15(8)10-3-2-9(7-12)11(13)6-10/h2-6H,13H2,1H3. The molecule has 1 aromatic heterocycles. The molecule has 0 fully saturated rings. The summed E-state index contributed by atoms with van der Waals surface area (Å²) >= 11 is 0. The van der Waals surface area contributed by atoms with Gasteiger partial charge in [-0.05, 0) is 25.1 Å². The molecule has 0 atom stereocenters. The molecule has 4 nitrogen and oxygen atoms in total. The van der Waals surface area contributed by atoms with Crippen molar-refractivity contribution < 1.29 is 0 Å². The molecule has 4 heteroatoms. The van der Waals surface area contributed by atoms with Gasteiger partial charge in [0, 0.05) is 18.1 Å². The van der Waals surface area contributed by atoms with Crippen LogP contribution in [-0.2, 0) is 0 Å². The van der Waals surface area contributed by atoms with Gasteiger partial charge in [0.1, 0.15) is 11.9 Å². The Morgan fingerprint density at radius 2 is 2.27 bits per heavy atom. The lowest BCUT2D eigenvalue weighted by Gasteiger charge is -2.06. The van der Waals surface area contributed by atoms with E-state index in [0.717, 1.165) is 11.5 Å². The predicted octanol–water partition coefficient (Wildman–Crippen LogP) is 1.63. The third-order valence-electron chi connectivity index (χ3n) is 2.26. The van der Waals surface area contributed by atoms with Gasteiger partial charge in [-0.15, -0.1) is 0 Å². The molecule has 0 aliphatic rings. The van der Waals surface area contributed by atoms with Crippen molar-refractivity contribution in [3.63, 3.8) is 0 Å². The normalized spacial score (nSPS) is 9.87. The number of nitrogens with two attached hydrogens (primary N) is 1. The lowest BCUT2D eigenvalue weighted by molar-refractivity contribution is 0.975. The Kier molecular flexibility index (Phi) is 2.14. The zero-order chi connectivity index (χ0) is 10.8. The monoisotopic (exact) mass is 198 g/mol. The van der Waals surface area contributed by atoms with Gasteiger partial charge >= 0.3 is 0 Å². The summed E-state index contributed by atoms with van der Waals surface area (Å²) in [4.78, 5) is 4.12. The molecule has 0 bridgehead atoms. The van der Waals surface area contributed by atoms with Gasteiger partial charge in [-0.25, -0.2) is 4.98 Å². The van der Waals surface area contributed by atoms with Crippen molar-refractivity contribution in [3.05, 3.63) is 42.0 Å². The second-order valence-electron chi connectivity index (χ2n) is 3.23. The van der Waals surface area contributed by atoms with Crippen LogP contribution in [0.3, 0.4) is 0 Å². The summed E-state index contributed by atoms with van der Waals surface area (Å²) in [5, 5.41) is 8.75. The number of benzene rings is 1. The molecular weight excluding hydrogens is 188 g/mol. The number of imidazole rings is 1. The highest BCUT2D eigenvalue weighted by atomic mass is 15.1. The van der Waals surface area contributed by atoms with Crippen molar-refractivity contribution in [2.75, 3.05) is 5.73 Å². The first kappa shape index (κ1) is 9.28. The van der Waals surface area contributed by atoms with Gasteiger partial charge in [0.15, 0.2) is 0 Å². The zero-order valence-corrected chi connectivity index (χ0v) is 8.31. The molecule has 2 rings (SSSR count). The number of hydrogen-bond acceptors (Lipinski definition) is 3. The maximum absolute atomic E-state index is 8.75. The Morgan fingerprint density at radius 1 is 1.47 bits per heavy atom. The molecule has 0 radical (unpaired) electrons. The quantitative estimate of drug-likeness (QED) is 0.708. The van der Waals surface area contributed by atoms with Crippen molar-refractivity contribution >= 4 is 5.69 Å². The number of anilines is 1. The van der Waals surface area contributed by atoms with E-state index >= 15 is 0 Å². The molecule has 2 N–H and O–H groups in total. The van der Waals surface area contributed by atoms with E-state index in [1.807, 2.05) is 29.8 Å². The molecule has 0 amide bonds. The molecule has 0 unspecified atom stereocenters. The Balaban J connectivity index is 2.53. The third kappa shape index (κ3) is 1.55. The topological polar surface area (TPSA) is 67.6 Å². The fraction of sp³-hybridized carbons (Fsp3) is 0.0909. The third-order valence-corrected chi connectivity index (χ3v) is 2.26. The predicted molar refractivity (Wildman–Crippen MR) is 57.4 cm³/mol. The summed E-state index contributed by atoms with van der Waals surface area (Å²) in [6.07, 6.45) is 3.58. The molecule has 0 saturated heterocycles. The molecule has 2 aromatic rings. The first-order chi connectivity index (χ1) is 7.22. The van der Waals surface area contributed by atoms with Crippen molar-refractivity contribution in [1.29, 1.82) is 5.26 Å². The van der Waals surface area contributed by atoms with Crippen molar-refractivity contribution in [2.24, 2.45) is 0 Å². The number of nitrogen functional groups attached to an aromatic ring is 1. The van der Waals surface area contributed by atoms with Crippen LogP contribution in [0.5, 0.6) is 0 Å². The van der Waals surface area contributed by atoms with Gasteiger partial charge in [0.2, 0.25) is 0 Å². The minimum atomic E-state index is 0.489. The number of nitriles is 1. The summed E-state index contributed by atoms with van der Waals surface area (Å²) in [6, 6.07) is 7.37. The Hall–Kier alpha value is -2.28. The van der Waals surface area contributed by atoms with E-state index in [4.69, 9.17) is 11.0 Å². The largest absolute Gasteiger partial charge is 0.398 e. The van der Waals surface area contributed by atoms with E-state index in [0.29, 0.717) is 11.3 Å². The van der Waals surface area contributed by atoms with Gasteiger partial charge in [0.25, 0.3) is 0 Å². The average Bonchev–Trinajstić information content (AvgIpc) is 2.64. The molecule has 15 heavy (non-hydrogen) atoms. The van der Waals surface area contributed by atoms with Gasteiger partial charge < -0.3 is 10.3 Å². The minimum absolute atomic E-state index is 0.489. The highest BCUT2D eigenvalue weighted by molar-refractivity contribution is 5.59.